The number of hydrogen-bond acceptors (Lipinski definition) is 8. The van der Waals surface area contributed by atoms with Gasteiger partial charge in [0.25, 0.3) is 17.5 Å². The molecule has 1 atom stereocenters. The van der Waals surface area contributed by atoms with Gasteiger partial charge in [0.2, 0.25) is 0 Å². The lowest BCUT2D eigenvalue weighted by Gasteiger charge is -2.21. The number of anilines is 1. The molecule has 1 aliphatic heterocycles. The number of amides is 2. The number of methoxy groups -OCH3 is 1. The standard InChI is InChI=1S/C30H25N5O6/c1-40-26-14-8-21(9-15-26)28-17-27(23-7-6-20-4-2-3-5-22(20)16-23)33-34(28)30(37)19-41-31-18-29(36)32-24-10-12-25(13-11-24)35(38)39/h2-16,18,28H,17,19H2,1H3,(H,32,36)/b31-18-/t28-/m1/s1. The fraction of sp³-hybridized carbons (Fsp3) is 0.133. The number of nitrogens with zero attached hydrogens (tertiary/aromatic N) is 4. The van der Waals surface area contributed by atoms with Crippen molar-refractivity contribution < 1.29 is 24.1 Å². The second-order valence-corrected chi connectivity index (χ2v) is 9.14. The highest BCUT2D eigenvalue weighted by Crippen LogP contribution is 2.34. The monoisotopic (exact) mass is 551 g/mol. The van der Waals surface area contributed by atoms with Gasteiger partial charge in [0.05, 0.1) is 23.8 Å². The van der Waals surface area contributed by atoms with Crippen LogP contribution < -0.4 is 10.1 Å². The maximum Gasteiger partial charge on any atom is 0.283 e. The maximum atomic E-state index is 13.2. The zero-order chi connectivity index (χ0) is 28.8. The molecule has 0 spiro atoms. The summed E-state index contributed by atoms with van der Waals surface area (Å²) < 4.78 is 5.27. The van der Waals surface area contributed by atoms with Gasteiger partial charge >= 0.3 is 0 Å². The van der Waals surface area contributed by atoms with Crippen LogP contribution in [0.25, 0.3) is 10.8 Å². The van der Waals surface area contributed by atoms with Gasteiger partial charge in [0.1, 0.15) is 12.0 Å². The molecule has 11 nitrogen and oxygen atoms in total. The molecule has 4 aromatic rings. The Kier molecular flexibility index (Phi) is 7.95. The Morgan fingerprint density at radius 1 is 1.05 bits per heavy atom. The molecule has 0 unspecified atom stereocenters. The van der Waals surface area contributed by atoms with Gasteiger partial charge in [0.15, 0.2) is 6.61 Å². The first-order valence-electron chi connectivity index (χ1n) is 12.6. The van der Waals surface area contributed by atoms with Crippen LogP contribution in [0, 0.1) is 10.1 Å². The Morgan fingerprint density at radius 2 is 1.78 bits per heavy atom. The first-order chi connectivity index (χ1) is 19.9. The normalized spacial score (nSPS) is 14.6. The summed E-state index contributed by atoms with van der Waals surface area (Å²) in [6.45, 7) is -0.442. The lowest BCUT2D eigenvalue weighted by molar-refractivity contribution is -0.384. The summed E-state index contributed by atoms with van der Waals surface area (Å²) in [7, 11) is 1.59. The Balaban J connectivity index is 1.27. The van der Waals surface area contributed by atoms with Gasteiger partial charge in [0, 0.05) is 24.2 Å². The largest absolute Gasteiger partial charge is 0.497 e. The van der Waals surface area contributed by atoms with Crippen molar-refractivity contribution in [1.29, 1.82) is 0 Å². The average molecular weight is 552 g/mol. The topological polar surface area (TPSA) is 136 Å². The number of nitrogens with one attached hydrogen (secondary N) is 1. The van der Waals surface area contributed by atoms with Crippen molar-refractivity contribution in [2.75, 3.05) is 19.0 Å². The van der Waals surface area contributed by atoms with Crippen molar-refractivity contribution >= 4 is 45.9 Å². The second kappa shape index (κ2) is 12.1. The maximum absolute atomic E-state index is 13.2. The highest BCUT2D eigenvalue weighted by atomic mass is 16.6. The molecule has 2 amide bonds. The predicted octanol–water partition coefficient (Wildman–Crippen LogP) is 5.08. The molecule has 1 N–H and O–H groups in total. The van der Waals surface area contributed by atoms with Gasteiger partial charge in [-0.2, -0.15) is 5.10 Å². The van der Waals surface area contributed by atoms with E-state index in [-0.39, 0.29) is 11.7 Å². The number of rotatable bonds is 9. The molecule has 206 valence electrons. The number of hydrogen-bond donors (Lipinski definition) is 1. The van der Waals surface area contributed by atoms with Crippen LogP contribution in [0.1, 0.15) is 23.6 Å². The molecular formula is C30H25N5O6. The van der Waals surface area contributed by atoms with Crippen molar-refractivity contribution in [2.45, 2.75) is 12.5 Å². The first-order valence-corrected chi connectivity index (χ1v) is 12.6. The molecule has 11 heteroatoms. The number of hydrazone groups is 1. The minimum atomic E-state index is -0.625. The van der Waals surface area contributed by atoms with Gasteiger partial charge in [-0.3, -0.25) is 19.7 Å². The van der Waals surface area contributed by atoms with Crippen LogP contribution in [0.15, 0.2) is 101 Å². The molecular weight excluding hydrogens is 526 g/mol. The number of oxime groups is 1. The summed E-state index contributed by atoms with van der Waals surface area (Å²) in [6, 6.07) is 26.5. The quantitative estimate of drug-likeness (QED) is 0.175. The molecule has 0 aromatic heterocycles. The summed E-state index contributed by atoms with van der Waals surface area (Å²) in [5, 5.41) is 25.1. The summed E-state index contributed by atoms with van der Waals surface area (Å²) in [5.74, 6) is -0.361. The fourth-order valence-corrected chi connectivity index (χ4v) is 4.45. The number of carbonyl (C=O) groups is 2. The third-order valence-corrected chi connectivity index (χ3v) is 6.53. The molecule has 0 saturated carbocycles. The van der Waals surface area contributed by atoms with E-state index in [0.717, 1.165) is 33.8 Å². The third kappa shape index (κ3) is 6.36. The zero-order valence-corrected chi connectivity index (χ0v) is 22.0. The Labute approximate surface area is 234 Å². The van der Waals surface area contributed by atoms with Gasteiger partial charge in [-0.15, -0.1) is 0 Å². The van der Waals surface area contributed by atoms with Crippen LogP contribution in [0.4, 0.5) is 11.4 Å². The van der Waals surface area contributed by atoms with Crippen LogP contribution in [-0.4, -0.2) is 47.4 Å². The minimum absolute atomic E-state index is 0.0974. The van der Waals surface area contributed by atoms with Gasteiger partial charge in [-0.05, 0) is 52.2 Å². The fourth-order valence-electron chi connectivity index (χ4n) is 4.45. The Hall–Kier alpha value is -5.58. The van der Waals surface area contributed by atoms with Gasteiger partial charge < -0.3 is 14.9 Å². The van der Waals surface area contributed by atoms with Gasteiger partial charge in [-0.25, -0.2) is 5.01 Å². The average Bonchev–Trinajstić information content (AvgIpc) is 3.45. The van der Waals surface area contributed by atoms with E-state index < -0.39 is 23.3 Å². The van der Waals surface area contributed by atoms with E-state index in [0.29, 0.717) is 17.9 Å². The molecule has 0 bridgehead atoms. The predicted molar refractivity (Wildman–Crippen MR) is 154 cm³/mol. The van der Waals surface area contributed by atoms with Gasteiger partial charge in [-0.1, -0.05) is 53.7 Å². The van der Waals surface area contributed by atoms with Crippen LogP contribution in [0.2, 0.25) is 0 Å². The van der Waals surface area contributed by atoms with E-state index in [2.05, 4.69) is 21.6 Å². The highest BCUT2D eigenvalue weighted by molar-refractivity contribution is 6.31. The van der Waals surface area contributed by atoms with Crippen LogP contribution in [-0.2, 0) is 14.4 Å². The summed E-state index contributed by atoms with van der Waals surface area (Å²) in [4.78, 5) is 40.7. The molecule has 0 radical (unpaired) electrons. The van der Waals surface area contributed by atoms with Crippen molar-refractivity contribution in [3.63, 3.8) is 0 Å². The van der Waals surface area contributed by atoms with Crippen LogP contribution >= 0.6 is 0 Å². The molecule has 0 saturated heterocycles. The van der Waals surface area contributed by atoms with E-state index in [9.17, 15) is 19.7 Å². The second-order valence-electron chi connectivity index (χ2n) is 9.14. The number of nitro benzene ring substituents is 1. The summed E-state index contributed by atoms with van der Waals surface area (Å²) >= 11 is 0. The number of carbonyl (C=O) groups excluding carboxylic acids is 2. The lowest BCUT2D eigenvalue weighted by Crippen LogP contribution is -2.30. The van der Waals surface area contributed by atoms with E-state index in [4.69, 9.17) is 9.57 Å². The smallest absolute Gasteiger partial charge is 0.283 e. The van der Waals surface area contributed by atoms with Crippen molar-refractivity contribution in [3.05, 3.63) is 112 Å². The molecule has 1 aliphatic rings. The highest BCUT2D eigenvalue weighted by Gasteiger charge is 2.33. The molecule has 4 aromatic carbocycles. The Morgan fingerprint density at radius 3 is 2.49 bits per heavy atom. The van der Waals surface area contributed by atoms with E-state index in [1.807, 2.05) is 60.7 Å². The van der Waals surface area contributed by atoms with Crippen molar-refractivity contribution in [1.82, 2.24) is 5.01 Å². The number of non-ortho nitro benzene ring substituents is 1. The van der Waals surface area contributed by atoms with E-state index in [1.54, 1.807) is 7.11 Å². The van der Waals surface area contributed by atoms with Crippen LogP contribution in [0.3, 0.4) is 0 Å². The summed E-state index contributed by atoms with van der Waals surface area (Å²) in [5.41, 5.74) is 2.80. The first kappa shape index (κ1) is 27.0. The van der Waals surface area contributed by atoms with Crippen LogP contribution in [0.5, 0.6) is 5.75 Å². The third-order valence-electron chi connectivity index (χ3n) is 6.53. The number of nitro groups is 1. The minimum Gasteiger partial charge on any atom is -0.497 e. The lowest BCUT2D eigenvalue weighted by atomic mass is 9.97. The molecule has 5 rings (SSSR count). The zero-order valence-electron chi connectivity index (χ0n) is 22.0. The number of fused-ring (bicyclic) bond motifs is 1. The molecule has 0 fully saturated rings. The summed E-state index contributed by atoms with van der Waals surface area (Å²) in [6.07, 6.45) is 1.38. The van der Waals surface area contributed by atoms with E-state index in [1.165, 1.54) is 29.3 Å². The van der Waals surface area contributed by atoms with Crippen molar-refractivity contribution in [3.8, 4) is 5.75 Å². The molecule has 41 heavy (non-hydrogen) atoms. The van der Waals surface area contributed by atoms with E-state index >= 15 is 0 Å². The number of benzene rings is 4. The molecule has 0 aliphatic carbocycles. The molecule has 1 heterocycles. The van der Waals surface area contributed by atoms with Crippen molar-refractivity contribution in [2.24, 2.45) is 10.3 Å². The Bertz CT molecular complexity index is 1650. The SMILES string of the molecule is COc1ccc([C@H]2CC(c3ccc4ccccc4c3)=NN2C(=O)CO/N=C\C(=O)Nc2ccc([N+](=O)[O-])cc2)cc1. The number of ether oxygens (including phenoxy) is 1.